The normalized spacial score (nSPS) is 19.1. The molecule has 2 N–H and O–H groups in total. The highest BCUT2D eigenvalue weighted by atomic mass is 35.5. The van der Waals surface area contributed by atoms with Crippen molar-refractivity contribution in [1.29, 1.82) is 0 Å². The molecular weight excluding hydrogens is 316 g/mol. The van der Waals surface area contributed by atoms with Crippen LogP contribution < -0.4 is 19.5 Å². The number of nitrogens with one attached hydrogen (secondary N) is 2. The third kappa shape index (κ3) is 3.72. The van der Waals surface area contributed by atoms with Crippen LogP contribution in [0.5, 0.6) is 11.5 Å². The zero-order chi connectivity index (χ0) is 15.5. The van der Waals surface area contributed by atoms with Crippen molar-refractivity contribution in [1.82, 2.24) is 5.32 Å². The van der Waals surface area contributed by atoms with Gasteiger partial charge in [-0.3, -0.25) is 4.72 Å². The lowest BCUT2D eigenvalue weighted by Gasteiger charge is -2.24. The Morgan fingerprint density at radius 2 is 2.00 bits per heavy atom. The van der Waals surface area contributed by atoms with Crippen molar-refractivity contribution in [3.8, 4) is 11.5 Å². The first kappa shape index (κ1) is 16.2. The monoisotopic (exact) mass is 334 g/mol. The minimum Gasteiger partial charge on any atom is -0.495 e. The molecule has 1 aliphatic heterocycles. The number of ether oxygens (including phenoxy) is 2. The van der Waals surface area contributed by atoms with Crippen LogP contribution in [-0.2, 0) is 10.0 Å². The molecule has 6 nitrogen and oxygen atoms in total. The van der Waals surface area contributed by atoms with Crippen LogP contribution in [0.4, 0.5) is 5.69 Å². The van der Waals surface area contributed by atoms with Crippen LogP contribution in [0.3, 0.4) is 0 Å². The zero-order valence-corrected chi connectivity index (χ0v) is 13.6. The molecule has 0 aromatic heterocycles. The fourth-order valence-electron chi connectivity index (χ4n) is 2.26. The molecule has 21 heavy (non-hydrogen) atoms. The Hall–Kier alpha value is -1.18. The van der Waals surface area contributed by atoms with Gasteiger partial charge in [-0.1, -0.05) is 11.6 Å². The van der Waals surface area contributed by atoms with Gasteiger partial charge < -0.3 is 14.8 Å². The number of piperidine rings is 1. The summed E-state index contributed by atoms with van der Waals surface area (Å²) in [4.78, 5) is 0. The van der Waals surface area contributed by atoms with Crippen molar-refractivity contribution in [2.75, 3.05) is 32.0 Å². The number of methoxy groups -OCH3 is 2. The SMILES string of the molecule is COc1cc(NS(=O)(=O)C2CCCNC2)c(OC)cc1Cl. The van der Waals surface area contributed by atoms with Crippen molar-refractivity contribution in [2.24, 2.45) is 0 Å². The molecule has 0 saturated carbocycles. The Bertz CT molecular complexity index is 600. The summed E-state index contributed by atoms with van der Waals surface area (Å²) in [6.07, 6.45) is 1.47. The van der Waals surface area contributed by atoms with Gasteiger partial charge in [-0.15, -0.1) is 0 Å². The summed E-state index contributed by atoms with van der Waals surface area (Å²) in [5.41, 5.74) is 0.323. The van der Waals surface area contributed by atoms with Crippen LogP contribution in [-0.4, -0.2) is 41.0 Å². The van der Waals surface area contributed by atoms with Crippen molar-refractivity contribution in [3.63, 3.8) is 0 Å². The van der Waals surface area contributed by atoms with E-state index < -0.39 is 15.3 Å². The van der Waals surface area contributed by atoms with Crippen LogP contribution >= 0.6 is 11.6 Å². The second kappa shape index (κ2) is 6.72. The van der Waals surface area contributed by atoms with E-state index in [0.717, 1.165) is 13.0 Å². The van der Waals surface area contributed by atoms with Gasteiger partial charge in [-0.25, -0.2) is 8.42 Å². The van der Waals surface area contributed by atoms with Gasteiger partial charge in [-0.2, -0.15) is 0 Å². The third-order valence-electron chi connectivity index (χ3n) is 3.42. The van der Waals surface area contributed by atoms with Crippen LogP contribution in [0, 0.1) is 0 Å². The molecule has 8 heteroatoms. The summed E-state index contributed by atoms with van der Waals surface area (Å²) >= 11 is 6.01. The van der Waals surface area contributed by atoms with E-state index in [-0.39, 0.29) is 0 Å². The quantitative estimate of drug-likeness (QED) is 0.859. The summed E-state index contributed by atoms with van der Waals surface area (Å²) in [7, 11) is -0.572. The molecule has 1 atom stereocenters. The predicted octanol–water partition coefficient (Wildman–Crippen LogP) is 1.85. The lowest BCUT2D eigenvalue weighted by atomic mass is 10.2. The standard InChI is InChI=1S/C13H19ClN2O4S/c1-19-12-7-11(13(20-2)6-10(12)14)16-21(17,18)9-4-3-5-15-8-9/h6-7,9,15-16H,3-5,8H2,1-2H3. The highest BCUT2D eigenvalue weighted by molar-refractivity contribution is 7.93. The number of hydrogen-bond acceptors (Lipinski definition) is 5. The van der Waals surface area contributed by atoms with E-state index in [9.17, 15) is 8.42 Å². The highest BCUT2D eigenvalue weighted by Crippen LogP contribution is 2.36. The lowest BCUT2D eigenvalue weighted by molar-refractivity contribution is 0.405. The third-order valence-corrected chi connectivity index (χ3v) is 5.50. The van der Waals surface area contributed by atoms with Crippen LogP contribution in [0.1, 0.15) is 12.8 Å². The number of halogens is 1. The highest BCUT2D eigenvalue weighted by Gasteiger charge is 2.28. The first-order chi connectivity index (χ1) is 9.97. The summed E-state index contributed by atoms with van der Waals surface area (Å²) in [5, 5.41) is 2.99. The average Bonchev–Trinajstić information content (AvgIpc) is 2.49. The molecule has 2 rings (SSSR count). The molecule has 1 aromatic rings. The Kier molecular flexibility index (Phi) is 5.18. The van der Waals surface area contributed by atoms with E-state index in [1.165, 1.54) is 26.4 Å². The maximum Gasteiger partial charge on any atom is 0.236 e. The van der Waals surface area contributed by atoms with Gasteiger partial charge in [0.05, 0.1) is 30.2 Å². The van der Waals surface area contributed by atoms with Crippen molar-refractivity contribution in [3.05, 3.63) is 17.2 Å². The van der Waals surface area contributed by atoms with Crippen LogP contribution in [0.15, 0.2) is 12.1 Å². The molecule has 1 fully saturated rings. The number of rotatable bonds is 5. The van der Waals surface area contributed by atoms with Crippen molar-refractivity contribution in [2.45, 2.75) is 18.1 Å². The van der Waals surface area contributed by atoms with Crippen molar-refractivity contribution >= 4 is 27.3 Å². The molecule has 1 aromatic carbocycles. The summed E-state index contributed by atoms with van der Waals surface area (Å²) in [5.74, 6) is 0.741. The molecule has 0 bridgehead atoms. The smallest absolute Gasteiger partial charge is 0.236 e. The zero-order valence-electron chi connectivity index (χ0n) is 12.0. The minimum absolute atomic E-state index is 0.323. The molecule has 1 heterocycles. The number of sulfonamides is 1. The van der Waals surface area contributed by atoms with Gasteiger partial charge in [-0.05, 0) is 19.4 Å². The van der Waals surface area contributed by atoms with E-state index in [1.807, 2.05) is 0 Å². The van der Waals surface area contributed by atoms with Gasteiger partial charge in [0, 0.05) is 18.7 Å². The first-order valence-corrected chi connectivity index (χ1v) is 8.54. The van der Waals surface area contributed by atoms with E-state index in [2.05, 4.69) is 10.0 Å². The lowest BCUT2D eigenvalue weighted by Crippen LogP contribution is -2.41. The van der Waals surface area contributed by atoms with Gasteiger partial charge >= 0.3 is 0 Å². The summed E-state index contributed by atoms with van der Waals surface area (Å²) in [6, 6.07) is 3.05. The molecule has 0 radical (unpaired) electrons. The molecule has 0 spiro atoms. The minimum atomic E-state index is -3.50. The van der Waals surface area contributed by atoms with Crippen molar-refractivity contribution < 1.29 is 17.9 Å². The van der Waals surface area contributed by atoms with Gasteiger partial charge in [0.1, 0.15) is 11.5 Å². The maximum absolute atomic E-state index is 12.4. The van der Waals surface area contributed by atoms with Gasteiger partial charge in [0.25, 0.3) is 0 Å². The van der Waals surface area contributed by atoms with Crippen LogP contribution in [0.2, 0.25) is 5.02 Å². The fourth-order valence-corrected chi connectivity index (χ4v) is 3.94. The molecule has 0 amide bonds. The molecule has 1 aliphatic rings. The van der Waals surface area contributed by atoms with E-state index in [1.54, 1.807) is 0 Å². The van der Waals surface area contributed by atoms with Gasteiger partial charge in [0.15, 0.2) is 0 Å². The number of benzene rings is 1. The molecular formula is C13H19ClN2O4S. The van der Waals surface area contributed by atoms with Crippen LogP contribution in [0.25, 0.3) is 0 Å². The largest absolute Gasteiger partial charge is 0.495 e. The van der Waals surface area contributed by atoms with E-state index in [4.69, 9.17) is 21.1 Å². The Balaban J connectivity index is 2.29. The fraction of sp³-hybridized carbons (Fsp3) is 0.538. The molecule has 118 valence electrons. The van der Waals surface area contributed by atoms with E-state index >= 15 is 0 Å². The maximum atomic E-state index is 12.4. The Morgan fingerprint density at radius 1 is 1.29 bits per heavy atom. The summed E-state index contributed by atoms with van der Waals surface area (Å²) in [6.45, 7) is 1.30. The second-order valence-corrected chi connectivity index (χ2v) is 7.17. The molecule has 1 unspecified atom stereocenters. The second-order valence-electron chi connectivity index (χ2n) is 4.80. The Labute approximate surface area is 129 Å². The number of anilines is 1. The van der Waals surface area contributed by atoms with E-state index in [0.29, 0.717) is 35.2 Å². The topological polar surface area (TPSA) is 76.7 Å². The predicted molar refractivity (Wildman–Crippen MR) is 83.0 cm³/mol. The summed E-state index contributed by atoms with van der Waals surface area (Å²) < 4.78 is 37.7. The Morgan fingerprint density at radius 3 is 2.57 bits per heavy atom. The molecule has 1 saturated heterocycles. The molecule has 0 aliphatic carbocycles. The number of hydrogen-bond donors (Lipinski definition) is 2. The van der Waals surface area contributed by atoms with Gasteiger partial charge in [0.2, 0.25) is 10.0 Å². The average molecular weight is 335 g/mol. The first-order valence-electron chi connectivity index (χ1n) is 6.62.